The van der Waals surface area contributed by atoms with Crippen molar-refractivity contribution < 1.29 is 0 Å². The Morgan fingerprint density at radius 2 is 2.15 bits per heavy atom. The molecule has 5 heteroatoms. The fourth-order valence-corrected chi connectivity index (χ4v) is 2.81. The zero-order chi connectivity index (χ0) is 13.9. The molecule has 5 nitrogen and oxygen atoms in total. The molecule has 3 rings (SSSR count). The second-order valence-electron chi connectivity index (χ2n) is 5.38. The first-order valence-corrected chi connectivity index (χ1v) is 7.14. The molecule has 1 atom stereocenters. The van der Waals surface area contributed by atoms with Gasteiger partial charge in [-0.2, -0.15) is 5.10 Å². The van der Waals surface area contributed by atoms with Crippen molar-refractivity contribution in [1.82, 2.24) is 19.7 Å². The molecule has 106 valence electrons. The van der Waals surface area contributed by atoms with Gasteiger partial charge >= 0.3 is 5.69 Å². The average Bonchev–Trinajstić information content (AvgIpc) is 2.78. The minimum atomic E-state index is -0.0329. The molecule has 1 aliphatic rings. The van der Waals surface area contributed by atoms with Gasteiger partial charge in [0.1, 0.15) is 5.82 Å². The molecule has 0 aliphatic carbocycles. The summed E-state index contributed by atoms with van der Waals surface area (Å²) in [5.74, 6) is 1.25. The molecule has 1 aliphatic heterocycles. The van der Waals surface area contributed by atoms with Crippen molar-refractivity contribution in [3.63, 3.8) is 0 Å². The average molecular weight is 272 g/mol. The van der Waals surface area contributed by atoms with Crippen molar-refractivity contribution in [2.24, 2.45) is 7.05 Å². The van der Waals surface area contributed by atoms with Gasteiger partial charge in [0.25, 0.3) is 0 Å². The second kappa shape index (κ2) is 5.63. The number of hydrogen-bond acceptors (Lipinski definition) is 3. The summed E-state index contributed by atoms with van der Waals surface area (Å²) in [7, 11) is 1.73. The van der Waals surface area contributed by atoms with E-state index in [-0.39, 0.29) is 5.69 Å². The summed E-state index contributed by atoms with van der Waals surface area (Å²) in [4.78, 5) is 12.3. The second-order valence-corrected chi connectivity index (χ2v) is 5.38. The normalized spacial score (nSPS) is 19.1. The molecule has 0 amide bonds. The van der Waals surface area contributed by atoms with Crippen molar-refractivity contribution in [2.75, 3.05) is 13.1 Å². The predicted molar refractivity (Wildman–Crippen MR) is 77.9 cm³/mol. The number of piperidine rings is 1. The Morgan fingerprint density at radius 1 is 1.35 bits per heavy atom. The first kappa shape index (κ1) is 13.1. The van der Waals surface area contributed by atoms with Crippen molar-refractivity contribution in [1.29, 1.82) is 0 Å². The van der Waals surface area contributed by atoms with Crippen LogP contribution in [0, 0.1) is 0 Å². The first-order valence-electron chi connectivity index (χ1n) is 7.14. The zero-order valence-electron chi connectivity index (χ0n) is 11.7. The topological polar surface area (TPSA) is 51.9 Å². The number of nitrogens with zero attached hydrogens (tertiary/aromatic N) is 3. The van der Waals surface area contributed by atoms with Gasteiger partial charge in [-0.15, -0.1) is 0 Å². The first-order chi connectivity index (χ1) is 9.75. The fourth-order valence-electron chi connectivity index (χ4n) is 2.81. The van der Waals surface area contributed by atoms with Crippen molar-refractivity contribution in [3.05, 3.63) is 52.2 Å². The molecule has 1 fully saturated rings. The lowest BCUT2D eigenvalue weighted by atomic mass is 9.99. The smallest absolute Gasteiger partial charge is 0.316 e. The number of aryl methyl sites for hydroxylation is 1. The van der Waals surface area contributed by atoms with Crippen LogP contribution in [0.15, 0.2) is 35.1 Å². The Morgan fingerprint density at radius 3 is 2.85 bits per heavy atom. The molecule has 0 saturated carbocycles. The van der Waals surface area contributed by atoms with Gasteiger partial charge in [-0.3, -0.25) is 4.57 Å². The van der Waals surface area contributed by atoms with E-state index < -0.39 is 0 Å². The Balaban J connectivity index is 1.94. The Hall–Kier alpha value is -1.88. The van der Waals surface area contributed by atoms with E-state index in [1.165, 1.54) is 4.68 Å². The quantitative estimate of drug-likeness (QED) is 0.910. The van der Waals surface area contributed by atoms with E-state index >= 15 is 0 Å². The van der Waals surface area contributed by atoms with Gasteiger partial charge in [0.2, 0.25) is 0 Å². The van der Waals surface area contributed by atoms with Crippen LogP contribution >= 0.6 is 0 Å². The maximum atomic E-state index is 12.3. The van der Waals surface area contributed by atoms with Crippen molar-refractivity contribution in [3.8, 4) is 0 Å². The molecular formula is C15H20N4O. The molecule has 1 aromatic heterocycles. The van der Waals surface area contributed by atoms with Crippen LogP contribution in [0.2, 0.25) is 0 Å². The molecule has 1 saturated heterocycles. The number of aromatic nitrogens is 3. The maximum Gasteiger partial charge on any atom is 0.345 e. The third-order valence-electron chi connectivity index (χ3n) is 3.88. The lowest BCUT2D eigenvalue weighted by Gasteiger charge is -2.22. The number of hydrogen-bond donors (Lipinski definition) is 1. The highest BCUT2D eigenvalue weighted by Crippen LogP contribution is 2.21. The van der Waals surface area contributed by atoms with E-state index in [1.807, 2.05) is 34.9 Å². The monoisotopic (exact) mass is 272 g/mol. The number of nitrogens with one attached hydrogen (secondary N) is 1. The van der Waals surface area contributed by atoms with Gasteiger partial charge in [0, 0.05) is 19.5 Å². The van der Waals surface area contributed by atoms with E-state index in [9.17, 15) is 4.79 Å². The summed E-state index contributed by atoms with van der Waals surface area (Å²) >= 11 is 0. The van der Waals surface area contributed by atoms with Crippen LogP contribution in [-0.2, 0) is 13.6 Å². The lowest BCUT2D eigenvalue weighted by Crippen LogP contribution is -2.31. The molecule has 0 spiro atoms. The third kappa shape index (κ3) is 2.54. The third-order valence-corrected chi connectivity index (χ3v) is 3.88. The summed E-state index contributed by atoms with van der Waals surface area (Å²) in [6.45, 7) is 2.57. The molecule has 20 heavy (non-hydrogen) atoms. The lowest BCUT2D eigenvalue weighted by molar-refractivity contribution is 0.433. The predicted octanol–water partition coefficient (Wildman–Crippen LogP) is 1.10. The van der Waals surface area contributed by atoms with Crippen molar-refractivity contribution in [2.45, 2.75) is 25.3 Å². The molecular weight excluding hydrogens is 252 g/mol. The summed E-state index contributed by atoms with van der Waals surface area (Å²) in [5, 5.41) is 7.85. The SMILES string of the molecule is Cn1nc(C2CCCNC2)n(Cc2ccccc2)c1=O. The Kier molecular flexibility index (Phi) is 3.69. The van der Waals surface area contributed by atoms with E-state index in [4.69, 9.17) is 0 Å². The summed E-state index contributed by atoms with van der Waals surface area (Å²) in [6.07, 6.45) is 2.24. The van der Waals surface area contributed by atoms with Gasteiger partial charge in [0.05, 0.1) is 6.54 Å². The standard InChI is InChI=1S/C15H20N4O/c1-18-15(20)19(11-12-6-3-2-4-7-12)14(17-18)13-8-5-9-16-10-13/h2-4,6-7,13,16H,5,8-11H2,1H3. The van der Waals surface area contributed by atoms with Gasteiger partial charge < -0.3 is 5.32 Å². The van der Waals surface area contributed by atoms with Crippen LogP contribution in [0.1, 0.15) is 30.1 Å². The largest absolute Gasteiger partial charge is 0.345 e. The minimum absolute atomic E-state index is 0.0329. The van der Waals surface area contributed by atoms with Gasteiger partial charge in [-0.25, -0.2) is 9.48 Å². The molecule has 0 radical (unpaired) electrons. The van der Waals surface area contributed by atoms with E-state index in [0.717, 1.165) is 37.3 Å². The summed E-state index contributed by atoms with van der Waals surface area (Å²) < 4.78 is 3.26. The van der Waals surface area contributed by atoms with Gasteiger partial charge in [0.15, 0.2) is 0 Å². The van der Waals surface area contributed by atoms with Crippen LogP contribution in [0.3, 0.4) is 0 Å². The van der Waals surface area contributed by atoms with E-state index in [1.54, 1.807) is 7.05 Å². The molecule has 1 unspecified atom stereocenters. The summed E-state index contributed by atoms with van der Waals surface area (Å²) in [5.41, 5.74) is 1.10. The van der Waals surface area contributed by atoms with Crippen LogP contribution in [0.4, 0.5) is 0 Å². The minimum Gasteiger partial charge on any atom is -0.316 e. The van der Waals surface area contributed by atoms with Crippen LogP contribution in [0.25, 0.3) is 0 Å². The van der Waals surface area contributed by atoms with Crippen LogP contribution < -0.4 is 11.0 Å². The van der Waals surface area contributed by atoms with Crippen molar-refractivity contribution >= 4 is 0 Å². The molecule has 1 N–H and O–H groups in total. The van der Waals surface area contributed by atoms with Crippen LogP contribution in [0.5, 0.6) is 0 Å². The fraction of sp³-hybridized carbons (Fsp3) is 0.467. The molecule has 1 aromatic carbocycles. The summed E-state index contributed by atoms with van der Waals surface area (Å²) in [6, 6.07) is 10.1. The van der Waals surface area contributed by atoms with Gasteiger partial charge in [-0.1, -0.05) is 30.3 Å². The van der Waals surface area contributed by atoms with E-state index in [0.29, 0.717) is 12.5 Å². The highest BCUT2D eigenvalue weighted by atomic mass is 16.2. The Labute approximate surface area is 118 Å². The number of rotatable bonds is 3. The Bertz CT molecular complexity index is 623. The van der Waals surface area contributed by atoms with E-state index in [2.05, 4.69) is 10.4 Å². The number of benzene rings is 1. The zero-order valence-corrected chi connectivity index (χ0v) is 11.7. The highest BCUT2D eigenvalue weighted by Gasteiger charge is 2.23. The maximum absolute atomic E-state index is 12.3. The molecule has 0 bridgehead atoms. The molecule has 2 heterocycles. The highest BCUT2D eigenvalue weighted by molar-refractivity contribution is 5.16. The van der Waals surface area contributed by atoms with Gasteiger partial charge in [-0.05, 0) is 24.9 Å². The van der Waals surface area contributed by atoms with Crippen LogP contribution in [-0.4, -0.2) is 27.4 Å². The molecule has 2 aromatic rings.